The van der Waals surface area contributed by atoms with Gasteiger partial charge in [-0.25, -0.2) is 0 Å². The number of rotatable bonds is 4. The third-order valence-corrected chi connectivity index (χ3v) is 9.94. The second-order valence-electron chi connectivity index (χ2n) is 13.3. The first-order chi connectivity index (χ1) is 17.8. The van der Waals surface area contributed by atoms with Crippen LogP contribution >= 0.6 is 0 Å². The summed E-state index contributed by atoms with van der Waals surface area (Å²) in [7, 11) is 0. The van der Waals surface area contributed by atoms with Crippen LogP contribution in [0.1, 0.15) is 117 Å². The Morgan fingerprint density at radius 2 is 1.84 bits per heavy atom. The molecule has 1 aromatic heterocycles. The number of Topliss-reactive ketones (excluding diaryl/α,β-unsaturated/α-hetero) is 2. The van der Waals surface area contributed by atoms with Crippen molar-refractivity contribution in [1.82, 2.24) is 5.16 Å². The molecule has 0 saturated heterocycles. The van der Waals surface area contributed by atoms with E-state index in [4.69, 9.17) is 9.26 Å². The Morgan fingerprint density at radius 3 is 2.42 bits per heavy atom. The minimum atomic E-state index is -1.28. The number of fused-ring (bicyclic) bond motifs is 4. The lowest BCUT2D eigenvalue weighted by Gasteiger charge is -2.60. The van der Waals surface area contributed by atoms with Gasteiger partial charge in [0.1, 0.15) is 5.76 Å². The first-order valence-electron chi connectivity index (χ1n) is 14.3. The summed E-state index contributed by atoms with van der Waals surface area (Å²) < 4.78 is 12.6. The Balaban J connectivity index is 1.81. The summed E-state index contributed by atoms with van der Waals surface area (Å²) in [5.41, 5.74) is 4.18. The Labute approximate surface area is 227 Å². The van der Waals surface area contributed by atoms with Crippen molar-refractivity contribution >= 4 is 17.1 Å². The molecule has 5 rings (SSSR count). The van der Waals surface area contributed by atoms with E-state index < -0.39 is 16.9 Å². The van der Waals surface area contributed by atoms with Gasteiger partial charge in [-0.15, -0.1) is 0 Å². The normalized spacial score (nSPS) is 30.7. The number of carbonyl (C=O) groups is 2. The maximum atomic E-state index is 15.1. The van der Waals surface area contributed by atoms with Crippen LogP contribution in [0.2, 0.25) is 0 Å². The third kappa shape index (κ3) is 3.36. The Morgan fingerprint density at radius 1 is 1.16 bits per heavy atom. The highest BCUT2D eigenvalue weighted by atomic mass is 16.5. The van der Waals surface area contributed by atoms with E-state index in [1.807, 2.05) is 26.8 Å². The van der Waals surface area contributed by atoms with Gasteiger partial charge in [0.05, 0.1) is 11.6 Å². The Hall–Kier alpha value is -2.53. The zero-order chi connectivity index (χ0) is 27.9. The van der Waals surface area contributed by atoms with Crippen LogP contribution in [0.3, 0.4) is 0 Å². The number of hydrogen-bond donors (Lipinski definition) is 0. The van der Waals surface area contributed by atoms with Crippen LogP contribution in [-0.4, -0.2) is 28.9 Å². The molecule has 0 radical (unpaired) electrons. The van der Waals surface area contributed by atoms with Crippen LogP contribution in [0.4, 0.5) is 0 Å². The van der Waals surface area contributed by atoms with Gasteiger partial charge < -0.3 is 9.26 Å². The highest BCUT2D eigenvalue weighted by Gasteiger charge is 2.70. The number of ether oxygens (including phenoxy) is 1. The SMILES string of the molecule is C=C1c2c(C)noc2C(C(C)(C)C)C2CC3(CC)Cc4c(C(C)C)ccc(C)c4C(=O)C3C(=O)C12OCC. The molecule has 1 heterocycles. The molecular weight excluding hydrogens is 474 g/mol. The Kier molecular flexibility index (Phi) is 6.22. The van der Waals surface area contributed by atoms with Crippen molar-refractivity contribution in [3.8, 4) is 0 Å². The predicted molar refractivity (Wildman–Crippen MR) is 149 cm³/mol. The summed E-state index contributed by atoms with van der Waals surface area (Å²) >= 11 is 0. The van der Waals surface area contributed by atoms with E-state index in [1.54, 1.807) is 0 Å². The van der Waals surface area contributed by atoms with Gasteiger partial charge in [-0.2, -0.15) is 0 Å². The van der Waals surface area contributed by atoms with Crippen LogP contribution in [0.25, 0.3) is 5.57 Å². The van der Waals surface area contributed by atoms with Crippen molar-refractivity contribution in [3.63, 3.8) is 0 Å². The van der Waals surface area contributed by atoms with E-state index in [0.29, 0.717) is 24.5 Å². The molecule has 3 aliphatic rings. The summed E-state index contributed by atoms with van der Waals surface area (Å²) in [6.45, 7) is 23.7. The largest absolute Gasteiger partial charge is 0.362 e. The number of ketones is 2. The second-order valence-corrected chi connectivity index (χ2v) is 13.3. The molecule has 38 heavy (non-hydrogen) atoms. The number of carbonyl (C=O) groups excluding carboxylic acids is 2. The third-order valence-electron chi connectivity index (χ3n) is 9.94. The Bertz CT molecular complexity index is 1340. The molecule has 5 nitrogen and oxygen atoms in total. The van der Waals surface area contributed by atoms with E-state index in [-0.39, 0.29) is 28.8 Å². The van der Waals surface area contributed by atoms with E-state index in [0.717, 1.165) is 46.5 Å². The maximum Gasteiger partial charge on any atom is 0.180 e. The molecule has 5 atom stereocenters. The van der Waals surface area contributed by atoms with Gasteiger partial charge in [-0.3, -0.25) is 9.59 Å². The number of nitrogens with zero attached hydrogens (tertiary/aromatic N) is 1. The fourth-order valence-electron chi connectivity index (χ4n) is 8.32. The standard InChI is InChI=1S/C33H43NO4/c1-11-32-15-22-21(17(3)4)14-13-18(5)24(22)28(35)27(32)30(36)33(37-12-2)19(6)25-20(7)34-38-29(25)26(23(33)16-32)31(8,9)10/h13-14,17,23,26-27H,6,11-12,15-16H2,1-5,7-10H3. The van der Waals surface area contributed by atoms with Crippen molar-refractivity contribution in [2.45, 2.75) is 99.0 Å². The van der Waals surface area contributed by atoms with E-state index in [2.05, 4.69) is 59.3 Å². The fraction of sp³-hybridized carbons (Fsp3) is 0.606. The number of benzene rings is 1. The van der Waals surface area contributed by atoms with Gasteiger partial charge in [0.15, 0.2) is 17.2 Å². The molecule has 5 unspecified atom stereocenters. The average molecular weight is 518 g/mol. The number of aromatic nitrogens is 1. The predicted octanol–water partition coefficient (Wildman–Crippen LogP) is 7.39. The maximum absolute atomic E-state index is 15.1. The van der Waals surface area contributed by atoms with Gasteiger partial charge in [0.25, 0.3) is 0 Å². The van der Waals surface area contributed by atoms with Gasteiger partial charge in [0, 0.05) is 29.6 Å². The van der Waals surface area contributed by atoms with E-state index in [9.17, 15) is 4.79 Å². The zero-order valence-electron chi connectivity index (χ0n) is 24.6. The molecule has 2 aromatic rings. The van der Waals surface area contributed by atoms with Gasteiger partial charge >= 0.3 is 0 Å². The smallest absolute Gasteiger partial charge is 0.180 e. The summed E-state index contributed by atoms with van der Waals surface area (Å²) in [5, 5.41) is 4.34. The summed E-state index contributed by atoms with van der Waals surface area (Å²) in [4.78, 5) is 29.6. The topological polar surface area (TPSA) is 69.4 Å². The summed E-state index contributed by atoms with van der Waals surface area (Å²) in [5.74, 6) is -0.137. The molecule has 1 fully saturated rings. The fourth-order valence-corrected chi connectivity index (χ4v) is 8.32. The highest BCUT2D eigenvalue weighted by molar-refractivity contribution is 6.20. The van der Waals surface area contributed by atoms with Crippen molar-refractivity contribution in [2.24, 2.45) is 22.7 Å². The molecular formula is C33H43NO4. The van der Waals surface area contributed by atoms with Crippen LogP contribution < -0.4 is 0 Å². The molecule has 5 heteroatoms. The van der Waals surface area contributed by atoms with E-state index in [1.165, 1.54) is 5.56 Å². The molecule has 1 aromatic carbocycles. The van der Waals surface area contributed by atoms with Crippen molar-refractivity contribution in [2.75, 3.05) is 6.61 Å². The molecule has 204 valence electrons. The van der Waals surface area contributed by atoms with Crippen molar-refractivity contribution in [3.05, 3.63) is 58.0 Å². The lowest BCUT2D eigenvalue weighted by molar-refractivity contribution is -0.168. The molecule has 0 aliphatic heterocycles. The molecule has 0 amide bonds. The van der Waals surface area contributed by atoms with Crippen LogP contribution in [0, 0.1) is 36.5 Å². The first kappa shape index (κ1) is 27.1. The first-order valence-corrected chi connectivity index (χ1v) is 14.3. The quantitative estimate of drug-likeness (QED) is 0.396. The lowest BCUT2D eigenvalue weighted by Crippen LogP contribution is -2.67. The second kappa shape index (κ2) is 8.74. The zero-order valence-corrected chi connectivity index (χ0v) is 24.6. The van der Waals surface area contributed by atoms with Gasteiger partial charge in [0.2, 0.25) is 0 Å². The van der Waals surface area contributed by atoms with Gasteiger partial charge in [-0.1, -0.05) is 65.4 Å². The van der Waals surface area contributed by atoms with Gasteiger partial charge in [-0.05, 0) is 79.0 Å². The van der Waals surface area contributed by atoms with Crippen LogP contribution in [-0.2, 0) is 16.0 Å². The van der Waals surface area contributed by atoms with Crippen LogP contribution in [0.5, 0.6) is 0 Å². The summed E-state index contributed by atoms with van der Waals surface area (Å²) in [6.07, 6.45) is 2.15. The monoisotopic (exact) mass is 517 g/mol. The molecule has 3 aliphatic carbocycles. The van der Waals surface area contributed by atoms with Crippen molar-refractivity contribution < 1.29 is 18.8 Å². The lowest BCUT2D eigenvalue weighted by atomic mass is 9.44. The minimum absolute atomic E-state index is 0.0384. The van der Waals surface area contributed by atoms with E-state index >= 15 is 4.79 Å². The minimum Gasteiger partial charge on any atom is -0.362 e. The van der Waals surface area contributed by atoms with Crippen molar-refractivity contribution in [1.29, 1.82) is 0 Å². The molecule has 0 bridgehead atoms. The molecule has 1 saturated carbocycles. The average Bonchev–Trinajstić information content (AvgIpc) is 3.20. The number of hydrogen-bond acceptors (Lipinski definition) is 5. The highest BCUT2D eigenvalue weighted by Crippen LogP contribution is 2.66. The number of aryl methyl sites for hydroxylation is 2. The summed E-state index contributed by atoms with van der Waals surface area (Å²) in [6, 6.07) is 4.22. The molecule has 0 N–H and O–H groups in total. The van der Waals surface area contributed by atoms with Crippen LogP contribution in [0.15, 0.2) is 23.2 Å². The molecule has 0 spiro atoms.